The van der Waals surface area contributed by atoms with Crippen LogP contribution in [0.1, 0.15) is 37.5 Å². The maximum Gasteiger partial charge on any atom is 0.274 e. The number of carbonyl (C=O) groups excluding carboxylic acids is 2. The minimum Gasteiger partial charge on any atom is -0.322 e. The van der Waals surface area contributed by atoms with Crippen molar-refractivity contribution < 1.29 is 9.59 Å². The number of nitrogens with one attached hydrogen (secondary N) is 2. The van der Waals surface area contributed by atoms with E-state index >= 15 is 0 Å². The zero-order chi connectivity index (χ0) is 20.3. The number of carbonyl (C=O) groups is 2. The molecule has 0 saturated carbocycles. The SMILES string of the molecule is Cc1cc(C)c(NC(=O)c2cc(C(=O)Nc3ccccc3C)ccn2)c(Cl)c1. The fraction of sp³-hybridized carbons (Fsp3) is 0.136. The van der Waals surface area contributed by atoms with Gasteiger partial charge in [-0.15, -0.1) is 0 Å². The van der Waals surface area contributed by atoms with E-state index in [1.54, 1.807) is 12.1 Å². The molecule has 5 nitrogen and oxygen atoms in total. The van der Waals surface area contributed by atoms with Crippen LogP contribution in [0.15, 0.2) is 54.7 Å². The van der Waals surface area contributed by atoms with Gasteiger partial charge >= 0.3 is 0 Å². The van der Waals surface area contributed by atoms with Crippen LogP contribution >= 0.6 is 11.6 Å². The van der Waals surface area contributed by atoms with Crippen molar-refractivity contribution in [2.45, 2.75) is 20.8 Å². The molecule has 0 spiro atoms. The molecule has 2 N–H and O–H groups in total. The second-order valence-electron chi connectivity index (χ2n) is 6.59. The molecule has 28 heavy (non-hydrogen) atoms. The van der Waals surface area contributed by atoms with E-state index in [1.165, 1.54) is 12.3 Å². The molecule has 1 heterocycles. The largest absolute Gasteiger partial charge is 0.322 e. The highest BCUT2D eigenvalue weighted by atomic mass is 35.5. The molecule has 0 atom stereocenters. The van der Waals surface area contributed by atoms with Crippen LogP contribution in [0, 0.1) is 20.8 Å². The molecule has 2 aromatic carbocycles. The van der Waals surface area contributed by atoms with E-state index in [4.69, 9.17) is 11.6 Å². The number of amides is 2. The van der Waals surface area contributed by atoms with Crippen molar-refractivity contribution in [2.75, 3.05) is 10.6 Å². The normalized spacial score (nSPS) is 10.4. The van der Waals surface area contributed by atoms with E-state index in [2.05, 4.69) is 15.6 Å². The van der Waals surface area contributed by atoms with Crippen molar-refractivity contribution in [1.82, 2.24) is 4.98 Å². The molecule has 2 amide bonds. The van der Waals surface area contributed by atoms with Crippen LogP contribution in [0.2, 0.25) is 5.02 Å². The molecule has 3 rings (SSSR count). The number of hydrogen-bond donors (Lipinski definition) is 2. The van der Waals surface area contributed by atoms with Crippen molar-refractivity contribution in [3.05, 3.63) is 87.7 Å². The lowest BCUT2D eigenvalue weighted by Crippen LogP contribution is -2.18. The van der Waals surface area contributed by atoms with Gasteiger partial charge in [-0.2, -0.15) is 0 Å². The molecule has 0 aliphatic heterocycles. The number of halogens is 1. The molecular formula is C22H20ClN3O2. The number of aromatic nitrogens is 1. The standard InChI is InChI=1S/C22H20ClN3O2/c1-13-10-15(3)20(17(23)11-13)26-22(28)19-12-16(8-9-24-19)21(27)25-18-7-5-4-6-14(18)2/h4-12H,1-3H3,(H,25,27)(H,26,28). The van der Waals surface area contributed by atoms with E-state index < -0.39 is 5.91 Å². The van der Waals surface area contributed by atoms with E-state index in [9.17, 15) is 9.59 Å². The topological polar surface area (TPSA) is 71.1 Å². The zero-order valence-electron chi connectivity index (χ0n) is 15.8. The summed E-state index contributed by atoms with van der Waals surface area (Å²) >= 11 is 6.25. The highest BCUT2D eigenvalue weighted by Crippen LogP contribution is 2.27. The Labute approximate surface area is 168 Å². The maximum absolute atomic E-state index is 12.6. The summed E-state index contributed by atoms with van der Waals surface area (Å²) in [7, 11) is 0. The first-order chi connectivity index (χ1) is 13.3. The minimum absolute atomic E-state index is 0.133. The number of aryl methyl sites for hydroxylation is 3. The number of rotatable bonds is 4. The fourth-order valence-electron chi connectivity index (χ4n) is 2.86. The van der Waals surface area contributed by atoms with Crippen molar-refractivity contribution >= 4 is 34.8 Å². The van der Waals surface area contributed by atoms with Crippen LogP contribution in [-0.2, 0) is 0 Å². The average molecular weight is 394 g/mol. The van der Waals surface area contributed by atoms with Crippen LogP contribution < -0.4 is 10.6 Å². The summed E-state index contributed by atoms with van der Waals surface area (Å²) in [5.41, 5.74) is 4.54. The molecule has 1 aromatic heterocycles. The van der Waals surface area contributed by atoms with Crippen LogP contribution in [0.5, 0.6) is 0 Å². The molecule has 0 aliphatic carbocycles. The van der Waals surface area contributed by atoms with Gasteiger partial charge in [0.1, 0.15) is 5.69 Å². The summed E-state index contributed by atoms with van der Waals surface area (Å²) in [5.74, 6) is -0.741. The molecule has 0 saturated heterocycles. The number of hydrogen-bond acceptors (Lipinski definition) is 3. The Bertz CT molecular complexity index is 1040. The minimum atomic E-state index is -0.431. The Balaban J connectivity index is 1.80. The maximum atomic E-state index is 12.6. The molecule has 0 fully saturated rings. The summed E-state index contributed by atoms with van der Waals surface area (Å²) in [4.78, 5) is 29.3. The first-order valence-corrected chi connectivity index (χ1v) is 9.14. The van der Waals surface area contributed by atoms with Gasteiger partial charge in [0.15, 0.2) is 0 Å². The molecule has 142 valence electrons. The Morgan fingerprint density at radius 3 is 2.36 bits per heavy atom. The number of benzene rings is 2. The van der Waals surface area contributed by atoms with Crippen molar-refractivity contribution in [1.29, 1.82) is 0 Å². The summed E-state index contributed by atoms with van der Waals surface area (Å²) in [6, 6.07) is 14.2. The average Bonchev–Trinajstić information content (AvgIpc) is 2.66. The summed E-state index contributed by atoms with van der Waals surface area (Å²) in [6.07, 6.45) is 1.44. The van der Waals surface area contributed by atoms with Gasteiger partial charge in [-0.25, -0.2) is 0 Å². The second-order valence-corrected chi connectivity index (χ2v) is 7.00. The lowest BCUT2D eigenvalue weighted by molar-refractivity contribution is 0.102. The molecule has 0 aliphatic rings. The third kappa shape index (κ3) is 4.38. The van der Waals surface area contributed by atoms with Crippen LogP contribution in [0.4, 0.5) is 11.4 Å². The molecule has 0 radical (unpaired) electrons. The highest BCUT2D eigenvalue weighted by molar-refractivity contribution is 6.34. The number of anilines is 2. The molecule has 6 heteroatoms. The monoisotopic (exact) mass is 393 g/mol. The van der Waals surface area contributed by atoms with Crippen LogP contribution in [-0.4, -0.2) is 16.8 Å². The highest BCUT2D eigenvalue weighted by Gasteiger charge is 2.15. The first-order valence-electron chi connectivity index (χ1n) is 8.76. The van der Waals surface area contributed by atoms with Gasteiger partial charge in [-0.1, -0.05) is 35.9 Å². The Morgan fingerprint density at radius 2 is 1.64 bits per heavy atom. The van der Waals surface area contributed by atoms with Gasteiger partial charge < -0.3 is 10.6 Å². The smallest absolute Gasteiger partial charge is 0.274 e. The third-order valence-electron chi connectivity index (χ3n) is 4.32. The number of pyridine rings is 1. The number of para-hydroxylation sites is 1. The quantitative estimate of drug-likeness (QED) is 0.642. The van der Waals surface area contributed by atoms with Gasteiger partial charge in [0, 0.05) is 17.4 Å². The second kappa shape index (κ2) is 8.23. The first kappa shape index (κ1) is 19.6. The van der Waals surface area contributed by atoms with Gasteiger partial charge in [0.25, 0.3) is 11.8 Å². The predicted octanol–water partition coefficient (Wildman–Crippen LogP) is 5.16. The van der Waals surface area contributed by atoms with Crippen LogP contribution in [0.3, 0.4) is 0 Å². The van der Waals surface area contributed by atoms with Crippen LogP contribution in [0.25, 0.3) is 0 Å². The predicted molar refractivity (Wildman–Crippen MR) is 112 cm³/mol. The molecule has 3 aromatic rings. The molecule has 0 bridgehead atoms. The lowest BCUT2D eigenvalue weighted by Gasteiger charge is -2.12. The van der Waals surface area contributed by atoms with Crippen molar-refractivity contribution in [3.8, 4) is 0 Å². The van der Waals surface area contributed by atoms with E-state index in [0.717, 1.165) is 22.4 Å². The van der Waals surface area contributed by atoms with Gasteiger partial charge in [0.05, 0.1) is 10.7 Å². The summed E-state index contributed by atoms with van der Waals surface area (Å²) < 4.78 is 0. The van der Waals surface area contributed by atoms with Gasteiger partial charge in [-0.05, 0) is 61.7 Å². The Morgan fingerprint density at radius 1 is 0.893 bits per heavy atom. The van der Waals surface area contributed by atoms with E-state index in [0.29, 0.717) is 16.3 Å². The Kier molecular flexibility index (Phi) is 5.76. The summed E-state index contributed by atoms with van der Waals surface area (Å²) in [5, 5.41) is 6.09. The van der Waals surface area contributed by atoms with Gasteiger partial charge in [0.2, 0.25) is 0 Å². The van der Waals surface area contributed by atoms with Crippen molar-refractivity contribution in [2.24, 2.45) is 0 Å². The lowest BCUT2D eigenvalue weighted by atomic mass is 10.1. The van der Waals surface area contributed by atoms with E-state index in [1.807, 2.05) is 51.1 Å². The van der Waals surface area contributed by atoms with Gasteiger partial charge in [-0.3, -0.25) is 14.6 Å². The number of nitrogens with zero attached hydrogens (tertiary/aromatic N) is 1. The third-order valence-corrected chi connectivity index (χ3v) is 4.62. The molecular weight excluding hydrogens is 374 g/mol. The Hall–Kier alpha value is -3.18. The summed E-state index contributed by atoms with van der Waals surface area (Å²) in [6.45, 7) is 5.71. The van der Waals surface area contributed by atoms with E-state index in [-0.39, 0.29) is 11.6 Å². The van der Waals surface area contributed by atoms with Crippen molar-refractivity contribution in [3.63, 3.8) is 0 Å². The zero-order valence-corrected chi connectivity index (χ0v) is 16.6. The molecule has 0 unspecified atom stereocenters. The fourth-order valence-corrected chi connectivity index (χ4v) is 3.22.